The van der Waals surface area contributed by atoms with Gasteiger partial charge in [-0.25, -0.2) is 4.98 Å². The van der Waals surface area contributed by atoms with Crippen LogP contribution in [0.3, 0.4) is 0 Å². The number of nitrogens with two attached hydrogens (primary N) is 1. The van der Waals surface area contributed by atoms with Crippen LogP contribution in [0.25, 0.3) is 0 Å². The van der Waals surface area contributed by atoms with E-state index in [1.807, 2.05) is 0 Å². The molecule has 0 aliphatic heterocycles. The van der Waals surface area contributed by atoms with Crippen molar-refractivity contribution in [2.75, 3.05) is 0 Å². The van der Waals surface area contributed by atoms with Gasteiger partial charge in [-0.05, 0) is 11.6 Å². The predicted octanol–water partition coefficient (Wildman–Crippen LogP) is 1.01. The predicted molar refractivity (Wildman–Crippen MR) is 43.8 cm³/mol. The van der Waals surface area contributed by atoms with Crippen molar-refractivity contribution in [2.24, 2.45) is 5.73 Å². The smallest absolute Gasteiger partial charge is 0.388 e. The molecule has 0 radical (unpaired) electrons. The topological polar surface area (TPSA) is 65.2 Å². The molecule has 1 rings (SSSR count). The summed E-state index contributed by atoms with van der Waals surface area (Å²) in [6.07, 6.45) is -3.84. The Labute approximate surface area is 82.9 Å². The zero-order valence-corrected chi connectivity index (χ0v) is 7.41. The number of primary amides is 1. The normalized spacial score (nSPS) is 11.1. The second kappa shape index (κ2) is 4.16. The summed E-state index contributed by atoms with van der Waals surface area (Å²) >= 11 is 0. The van der Waals surface area contributed by atoms with E-state index in [0.717, 1.165) is 12.3 Å². The largest absolute Gasteiger partial charge is 0.574 e. The van der Waals surface area contributed by atoms with Gasteiger partial charge in [0.15, 0.2) is 0 Å². The summed E-state index contributed by atoms with van der Waals surface area (Å²) in [6, 6.07) is 2.40. The molecule has 1 aromatic heterocycles. The minimum atomic E-state index is -4.79. The molecule has 0 bridgehead atoms. The number of ether oxygens (including phenoxy) is 1. The van der Waals surface area contributed by atoms with Crippen LogP contribution in [-0.2, 0) is 11.2 Å². The number of rotatable bonds is 3. The number of aromatic nitrogens is 1. The molecule has 0 atom stereocenters. The van der Waals surface area contributed by atoms with E-state index < -0.39 is 18.1 Å². The molecule has 2 N–H and O–H groups in total. The maximum absolute atomic E-state index is 11.8. The van der Waals surface area contributed by atoms with Gasteiger partial charge in [0.2, 0.25) is 11.8 Å². The first-order valence-corrected chi connectivity index (χ1v) is 3.86. The van der Waals surface area contributed by atoms with E-state index >= 15 is 0 Å². The highest BCUT2D eigenvalue weighted by atomic mass is 19.4. The van der Waals surface area contributed by atoms with Gasteiger partial charge in [-0.2, -0.15) is 0 Å². The molecule has 1 heterocycles. The monoisotopic (exact) mass is 220 g/mol. The molecule has 82 valence electrons. The molecule has 0 aliphatic rings. The quantitative estimate of drug-likeness (QED) is 0.826. The van der Waals surface area contributed by atoms with Gasteiger partial charge in [0.05, 0.1) is 6.42 Å². The van der Waals surface area contributed by atoms with Gasteiger partial charge >= 0.3 is 6.36 Å². The molecule has 15 heavy (non-hydrogen) atoms. The van der Waals surface area contributed by atoms with Crippen LogP contribution in [0.2, 0.25) is 0 Å². The van der Waals surface area contributed by atoms with Gasteiger partial charge in [0.1, 0.15) is 0 Å². The van der Waals surface area contributed by atoms with Crippen LogP contribution >= 0.6 is 0 Å². The fourth-order valence-electron chi connectivity index (χ4n) is 0.936. The minimum absolute atomic E-state index is 0.156. The number of nitrogens with zero attached hydrogens (tertiary/aromatic N) is 1. The van der Waals surface area contributed by atoms with Gasteiger partial charge in [0.25, 0.3) is 0 Å². The number of amides is 1. The Hall–Kier alpha value is -1.79. The van der Waals surface area contributed by atoms with Crippen molar-refractivity contribution in [1.82, 2.24) is 4.98 Å². The summed E-state index contributed by atoms with van der Waals surface area (Å²) in [4.78, 5) is 13.8. The van der Waals surface area contributed by atoms with E-state index in [1.54, 1.807) is 0 Å². The number of hydrogen-bond donors (Lipinski definition) is 1. The average Bonchev–Trinajstić information content (AvgIpc) is 1.99. The zero-order chi connectivity index (χ0) is 11.5. The first-order chi connectivity index (χ1) is 6.87. The summed E-state index contributed by atoms with van der Waals surface area (Å²) in [6.45, 7) is 0. The summed E-state index contributed by atoms with van der Waals surface area (Å²) in [5.74, 6) is -1.25. The molecule has 0 aliphatic carbocycles. The third kappa shape index (κ3) is 4.30. The number of carbonyl (C=O) groups is 1. The minimum Gasteiger partial charge on any atom is -0.388 e. The van der Waals surface area contributed by atoms with Crippen LogP contribution in [0.1, 0.15) is 5.56 Å². The summed E-state index contributed by atoms with van der Waals surface area (Å²) in [5.41, 5.74) is 5.20. The Bertz CT molecular complexity index is 365. The Morgan fingerprint density at radius 2 is 2.20 bits per heavy atom. The highest BCUT2D eigenvalue weighted by Crippen LogP contribution is 2.21. The van der Waals surface area contributed by atoms with Crippen LogP contribution < -0.4 is 10.5 Å². The Morgan fingerprint density at radius 1 is 1.53 bits per heavy atom. The molecule has 0 spiro atoms. The van der Waals surface area contributed by atoms with Crippen LogP contribution in [0.15, 0.2) is 18.3 Å². The Kier molecular flexibility index (Phi) is 3.13. The lowest BCUT2D eigenvalue weighted by Crippen LogP contribution is -2.18. The lowest BCUT2D eigenvalue weighted by Gasteiger charge is -2.08. The van der Waals surface area contributed by atoms with Crippen LogP contribution in [-0.4, -0.2) is 17.3 Å². The summed E-state index contributed by atoms with van der Waals surface area (Å²) in [5, 5.41) is 0. The lowest BCUT2D eigenvalue weighted by atomic mass is 10.2. The van der Waals surface area contributed by atoms with Crippen LogP contribution in [0.4, 0.5) is 13.2 Å². The van der Waals surface area contributed by atoms with E-state index in [9.17, 15) is 18.0 Å². The molecule has 0 saturated heterocycles. The third-order valence-electron chi connectivity index (χ3n) is 1.40. The lowest BCUT2D eigenvalue weighted by molar-refractivity contribution is -0.276. The van der Waals surface area contributed by atoms with Gasteiger partial charge in [0, 0.05) is 12.3 Å². The SMILES string of the molecule is NC(=O)Cc1ccnc(OC(F)(F)F)c1. The second-order valence-electron chi connectivity index (χ2n) is 2.69. The maximum atomic E-state index is 11.8. The number of carbonyl (C=O) groups excluding carboxylic acids is 1. The molecular formula is C8H7F3N2O2. The number of alkyl halides is 3. The second-order valence-corrected chi connectivity index (χ2v) is 2.69. The molecule has 4 nitrogen and oxygen atoms in total. The van der Waals surface area contributed by atoms with Crippen molar-refractivity contribution in [3.8, 4) is 5.88 Å². The first-order valence-electron chi connectivity index (χ1n) is 3.86. The number of pyridine rings is 1. The fourth-order valence-corrected chi connectivity index (χ4v) is 0.936. The van der Waals surface area contributed by atoms with Crippen molar-refractivity contribution >= 4 is 5.91 Å². The van der Waals surface area contributed by atoms with E-state index in [4.69, 9.17) is 5.73 Å². The highest BCUT2D eigenvalue weighted by Gasteiger charge is 2.31. The van der Waals surface area contributed by atoms with Crippen molar-refractivity contribution in [2.45, 2.75) is 12.8 Å². The van der Waals surface area contributed by atoms with E-state index in [1.165, 1.54) is 6.07 Å². The van der Waals surface area contributed by atoms with Gasteiger partial charge in [-0.1, -0.05) is 0 Å². The molecule has 7 heteroatoms. The van der Waals surface area contributed by atoms with Crippen molar-refractivity contribution in [3.05, 3.63) is 23.9 Å². The third-order valence-corrected chi connectivity index (χ3v) is 1.40. The summed E-state index contributed by atoms with van der Waals surface area (Å²) < 4.78 is 38.9. The van der Waals surface area contributed by atoms with Crippen LogP contribution in [0, 0.1) is 0 Å². The Balaban J connectivity index is 2.79. The van der Waals surface area contributed by atoms with Crippen molar-refractivity contribution in [3.63, 3.8) is 0 Å². The van der Waals surface area contributed by atoms with Gasteiger partial charge in [-0.3, -0.25) is 4.79 Å². The highest BCUT2D eigenvalue weighted by molar-refractivity contribution is 5.76. The van der Waals surface area contributed by atoms with Crippen molar-refractivity contribution < 1.29 is 22.7 Å². The number of hydrogen-bond acceptors (Lipinski definition) is 3. The molecule has 0 unspecified atom stereocenters. The van der Waals surface area contributed by atoms with Gasteiger partial charge in [-0.15, -0.1) is 13.2 Å². The van der Waals surface area contributed by atoms with E-state index in [2.05, 4.69) is 9.72 Å². The molecular weight excluding hydrogens is 213 g/mol. The molecule has 0 fully saturated rings. The van der Waals surface area contributed by atoms with E-state index in [-0.39, 0.29) is 6.42 Å². The zero-order valence-electron chi connectivity index (χ0n) is 7.41. The maximum Gasteiger partial charge on any atom is 0.574 e. The van der Waals surface area contributed by atoms with E-state index in [0.29, 0.717) is 5.56 Å². The van der Waals surface area contributed by atoms with Crippen molar-refractivity contribution in [1.29, 1.82) is 0 Å². The molecule has 1 aromatic rings. The number of halogens is 3. The summed E-state index contributed by atoms with van der Waals surface area (Å²) in [7, 11) is 0. The van der Waals surface area contributed by atoms with Crippen LogP contribution in [0.5, 0.6) is 5.88 Å². The molecule has 0 aromatic carbocycles. The van der Waals surface area contributed by atoms with Gasteiger partial charge < -0.3 is 10.5 Å². The molecule has 0 saturated carbocycles. The fraction of sp³-hybridized carbons (Fsp3) is 0.250. The Morgan fingerprint density at radius 3 is 2.73 bits per heavy atom. The first kappa shape index (κ1) is 11.3. The average molecular weight is 220 g/mol. The standard InChI is InChI=1S/C8H7F3N2O2/c9-8(10,11)15-7-4-5(1-2-13-7)3-6(12)14/h1-2,4H,3H2,(H2,12,14). The molecule has 1 amide bonds.